The molecule has 204 valence electrons. The summed E-state index contributed by atoms with van der Waals surface area (Å²) in [5.74, 6) is -1.06. The predicted molar refractivity (Wildman–Crippen MR) is 141 cm³/mol. The Balaban J connectivity index is 1.71. The second kappa shape index (κ2) is 10.3. The maximum absolute atomic E-state index is 13.8. The van der Waals surface area contributed by atoms with Crippen LogP contribution in [0, 0.1) is 34.5 Å². The van der Waals surface area contributed by atoms with Crippen LogP contribution in [0.5, 0.6) is 0 Å². The molecule has 0 bridgehead atoms. The van der Waals surface area contributed by atoms with E-state index in [0.29, 0.717) is 25.7 Å². The van der Waals surface area contributed by atoms with Crippen molar-refractivity contribution in [2.45, 2.75) is 77.9 Å². The number of hydrogen-bond donors (Lipinski definition) is 1. The minimum absolute atomic E-state index is 0.0169. The highest BCUT2D eigenvalue weighted by Gasteiger charge is 2.70. The molecule has 3 saturated carbocycles. The molecule has 3 fully saturated rings. The fourth-order valence-corrected chi connectivity index (χ4v) is 8.60. The first kappa shape index (κ1) is 28.1. The second-order valence-electron chi connectivity index (χ2n) is 11.8. The number of ketones is 2. The monoisotopic (exact) mass is 532 g/mol. The molecule has 0 aromatic carbocycles. The van der Waals surface area contributed by atoms with Crippen LogP contribution in [0.15, 0.2) is 23.8 Å². The number of aliphatic hydroxyl groups is 1. The lowest BCUT2D eigenvalue weighted by Crippen LogP contribution is -2.63. The second-order valence-corrected chi connectivity index (χ2v) is 12.7. The van der Waals surface area contributed by atoms with Gasteiger partial charge in [-0.05, 0) is 68.3 Å². The smallest absolute Gasteiger partial charge is 0.316 e. The van der Waals surface area contributed by atoms with Crippen molar-refractivity contribution in [2.24, 2.45) is 34.5 Å². The first-order valence-electron chi connectivity index (χ1n) is 13.5. The number of fused-ring (bicyclic) bond motifs is 5. The zero-order valence-electron chi connectivity index (χ0n) is 22.6. The van der Waals surface area contributed by atoms with Crippen molar-refractivity contribution in [3.05, 3.63) is 23.8 Å². The van der Waals surface area contributed by atoms with Crippen LogP contribution in [-0.2, 0) is 28.7 Å². The number of carbonyl (C=O) groups excluding carboxylic acids is 4. The molecule has 1 N–H and O–H groups in total. The number of aliphatic hydroxyl groups excluding tert-OH is 1. The van der Waals surface area contributed by atoms with Gasteiger partial charge in [-0.25, -0.2) is 0 Å². The zero-order chi connectivity index (χ0) is 27.2. The fraction of sp³-hybridized carbons (Fsp3) is 0.724. The van der Waals surface area contributed by atoms with Crippen LogP contribution in [0.2, 0.25) is 0 Å². The summed E-state index contributed by atoms with van der Waals surface area (Å²) >= 11 is 1.33. The highest BCUT2D eigenvalue weighted by Crippen LogP contribution is 2.68. The molecule has 0 aromatic rings. The number of rotatable bonds is 8. The van der Waals surface area contributed by atoms with E-state index in [1.165, 1.54) is 11.8 Å². The topological polar surface area (TPSA) is 107 Å². The molecule has 4 aliphatic carbocycles. The standard InChI is InChI=1S/C29H40O7S/c1-6-7-24(33)35-15-23(32)29(36-25(34)16-37-5)11-9-20-19-12-17(2)21-13-18(30)8-10-27(21,3)26(19)22(31)14-28(20,29)4/h8,10,13,17,19-20,22,26,31H,6-7,9,11-12,14-16H2,1-5H3/t17?,19-,20-,22?,26+,27-,28-,29-/m0/s1. The summed E-state index contributed by atoms with van der Waals surface area (Å²) in [7, 11) is 0. The molecule has 0 radical (unpaired) electrons. The van der Waals surface area contributed by atoms with Crippen LogP contribution < -0.4 is 0 Å². The van der Waals surface area contributed by atoms with Crippen molar-refractivity contribution in [3.8, 4) is 0 Å². The van der Waals surface area contributed by atoms with Crippen LogP contribution in [0.1, 0.15) is 66.2 Å². The van der Waals surface area contributed by atoms with Gasteiger partial charge in [-0.3, -0.25) is 19.2 Å². The molecule has 0 aliphatic heterocycles. The number of allylic oxidation sites excluding steroid dienone is 4. The SMILES string of the molecule is CCCC(=O)OCC(=O)[C@@]1(OC(=O)CSC)CC[C@H]2[C@@H]3CC(C)C4=CC(=O)C=C[C@]4(C)[C@H]3C(O)C[C@@]21C. The number of esters is 2. The van der Waals surface area contributed by atoms with Crippen LogP contribution in [0.4, 0.5) is 0 Å². The summed E-state index contributed by atoms with van der Waals surface area (Å²) in [6, 6.07) is 0. The fourth-order valence-electron chi connectivity index (χ4n) is 8.30. The molecular formula is C29H40O7S. The van der Waals surface area contributed by atoms with Gasteiger partial charge in [-0.1, -0.05) is 39.3 Å². The first-order chi connectivity index (χ1) is 17.4. The van der Waals surface area contributed by atoms with Crippen molar-refractivity contribution >= 4 is 35.3 Å². The lowest BCUT2D eigenvalue weighted by molar-refractivity contribution is -0.200. The molecule has 4 aliphatic rings. The van der Waals surface area contributed by atoms with Gasteiger partial charge in [0, 0.05) is 23.2 Å². The Morgan fingerprint density at radius 3 is 2.62 bits per heavy atom. The Bertz CT molecular complexity index is 1030. The van der Waals surface area contributed by atoms with E-state index >= 15 is 0 Å². The van der Waals surface area contributed by atoms with E-state index in [9.17, 15) is 24.3 Å². The summed E-state index contributed by atoms with van der Waals surface area (Å²) in [6.45, 7) is 7.63. The van der Waals surface area contributed by atoms with E-state index in [0.717, 1.165) is 12.0 Å². The van der Waals surface area contributed by atoms with Crippen molar-refractivity contribution in [1.82, 2.24) is 0 Å². The Morgan fingerprint density at radius 1 is 1.22 bits per heavy atom. The summed E-state index contributed by atoms with van der Waals surface area (Å²) in [5.41, 5.74) is -1.64. The average molecular weight is 533 g/mol. The van der Waals surface area contributed by atoms with Gasteiger partial charge < -0.3 is 14.6 Å². The van der Waals surface area contributed by atoms with Crippen molar-refractivity contribution in [3.63, 3.8) is 0 Å². The van der Waals surface area contributed by atoms with Gasteiger partial charge in [-0.2, -0.15) is 11.8 Å². The summed E-state index contributed by atoms with van der Waals surface area (Å²) < 4.78 is 11.4. The Hall–Kier alpha value is -1.93. The van der Waals surface area contributed by atoms with Gasteiger partial charge in [0.05, 0.1) is 11.9 Å². The average Bonchev–Trinajstić information content (AvgIpc) is 3.11. The maximum atomic E-state index is 13.8. The van der Waals surface area contributed by atoms with Gasteiger partial charge in [-0.15, -0.1) is 0 Å². The van der Waals surface area contributed by atoms with Gasteiger partial charge >= 0.3 is 11.9 Å². The minimum atomic E-state index is -1.46. The number of thioether (sulfide) groups is 1. The van der Waals surface area contributed by atoms with E-state index in [4.69, 9.17) is 9.47 Å². The molecule has 0 spiro atoms. The van der Waals surface area contributed by atoms with Gasteiger partial charge in [0.15, 0.2) is 18.0 Å². The van der Waals surface area contributed by atoms with E-state index in [1.807, 2.05) is 19.9 Å². The first-order valence-corrected chi connectivity index (χ1v) is 14.9. The zero-order valence-corrected chi connectivity index (χ0v) is 23.4. The number of ether oxygens (including phenoxy) is 2. The third-order valence-corrected chi connectivity index (χ3v) is 10.3. The third kappa shape index (κ3) is 4.52. The Labute approximate surface area is 223 Å². The Morgan fingerprint density at radius 2 is 1.95 bits per heavy atom. The third-order valence-electron chi connectivity index (χ3n) is 9.76. The lowest BCUT2D eigenvalue weighted by Gasteiger charge is -2.61. The minimum Gasteiger partial charge on any atom is -0.457 e. The van der Waals surface area contributed by atoms with Crippen molar-refractivity contribution in [2.75, 3.05) is 18.6 Å². The van der Waals surface area contributed by atoms with Crippen LogP contribution in [0.3, 0.4) is 0 Å². The number of carbonyl (C=O) groups is 4. The summed E-state index contributed by atoms with van der Waals surface area (Å²) in [6.07, 6.45) is 9.29. The van der Waals surface area contributed by atoms with Crippen molar-refractivity contribution in [1.29, 1.82) is 0 Å². The summed E-state index contributed by atoms with van der Waals surface area (Å²) in [4.78, 5) is 50.9. The molecule has 37 heavy (non-hydrogen) atoms. The molecular weight excluding hydrogens is 492 g/mol. The van der Waals surface area contributed by atoms with Crippen LogP contribution in [-0.4, -0.2) is 58.9 Å². The molecule has 8 heteroatoms. The molecule has 4 rings (SSSR count). The van der Waals surface area contributed by atoms with E-state index in [-0.39, 0.29) is 41.6 Å². The van der Waals surface area contributed by atoms with E-state index in [1.54, 1.807) is 18.4 Å². The summed E-state index contributed by atoms with van der Waals surface area (Å²) in [5, 5.41) is 11.7. The maximum Gasteiger partial charge on any atom is 0.316 e. The largest absolute Gasteiger partial charge is 0.457 e. The highest BCUT2D eigenvalue weighted by molar-refractivity contribution is 7.99. The molecule has 0 aromatic heterocycles. The quantitative estimate of drug-likeness (QED) is 0.466. The predicted octanol–water partition coefficient (Wildman–Crippen LogP) is 4.07. The van der Waals surface area contributed by atoms with Gasteiger partial charge in [0.1, 0.15) is 0 Å². The molecule has 0 heterocycles. The number of hydrogen-bond acceptors (Lipinski definition) is 8. The van der Waals surface area contributed by atoms with Crippen LogP contribution >= 0.6 is 11.8 Å². The van der Waals surface area contributed by atoms with Gasteiger partial charge in [0.25, 0.3) is 0 Å². The molecule has 0 amide bonds. The lowest BCUT2D eigenvalue weighted by atomic mass is 9.44. The molecule has 7 nitrogen and oxygen atoms in total. The molecule has 8 atom stereocenters. The molecule has 2 unspecified atom stereocenters. The number of Topliss-reactive ketones (excluding diaryl/α,β-unsaturated/α-hetero) is 1. The van der Waals surface area contributed by atoms with Crippen LogP contribution in [0.25, 0.3) is 0 Å². The highest BCUT2D eigenvalue weighted by atomic mass is 32.2. The van der Waals surface area contributed by atoms with Gasteiger partial charge in [0.2, 0.25) is 5.78 Å². The van der Waals surface area contributed by atoms with E-state index < -0.39 is 46.9 Å². The van der Waals surface area contributed by atoms with Crippen molar-refractivity contribution < 1.29 is 33.8 Å². The Kier molecular flexibility index (Phi) is 7.84. The normalized spacial score (nSPS) is 40.2. The molecule has 0 saturated heterocycles. The van der Waals surface area contributed by atoms with E-state index in [2.05, 4.69) is 13.8 Å².